The molecule has 0 unspecified atom stereocenters. The summed E-state index contributed by atoms with van der Waals surface area (Å²) >= 11 is 1.51. The number of halogens is 3. The molecule has 128 valence electrons. The predicted octanol–water partition coefficient (Wildman–Crippen LogP) is 4.15. The van der Waals surface area contributed by atoms with Crippen LogP contribution < -0.4 is 5.32 Å². The van der Waals surface area contributed by atoms with Crippen LogP contribution in [-0.2, 0) is 12.7 Å². The molecule has 0 spiro atoms. The average molecular weight is 363 g/mol. The molecule has 0 saturated heterocycles. The van der Waals surface area contributed by atoms with Crippen molar-refractivity contribution in [2.75, 3.05) is 0 Å². The molecule has 4 nitrogen and oxygen atoms in total. The minimum atomic E-state index is -4.49. The molecule has 0 atom stereocenters. The van der Waals surface area contributed by atoms with Crippen molar-refractivity contribution < 1.29 is 18.0 Å². The quantitative estimate of drug-likeness (QED) is 0.757. The highest BCUT2D eigenvalue weighted by Gasteiger charge is 2.30. The van der Waals surface area contributed by atoms with E-state index in [0.717, 1.165) is 17.7 Å². The molecule has 0 fully saturated rings. The van der Waals surface area contributed by atoms with E-state index in [4.69, 9.17) is 0 Å². The first-order valence-corrected chi connectivity index (χ1v) is 8.17. The van der Waals surface area contributed by atoms with Crippen molar-refractivity contribution in [3.05, 3.63) is 70.3 Å². The first-order chi connectivity index (χ1) is 11.9. The van der Waals surface area contributed by atoms with Gasteiger partial charge < -0.3 is 5.32 Å². The molecule has 0 radical (unpaired) electrons. The maximum Gasteiger partial charge on any atom is 0.416 e. The van der Waals surface area contributed by atoms with Gasteiger partial charge in [0.25, 0.3) is 5.91 Å². The zero-order valence-corrected chi connectivity index (χ0v) is 13.6. The summed E-state index contributed by atoms with van der Waals surface area (Å²) in [6.07, 6.45) is -1.44. The van der Waals surface area contributed by atoms with Gasteiger partial charge in [-0.05, 0) is 29.6 Å². The molecule has 8 heteroatoms. The van der Waals surface area contributed by atoms with Crippen molar-refractivity contribution in [3.63, 3.8) is 0 Å². The Morgan fingerprint density at radius 2 is 1.96 bits per heavy atom. The number of nitrogens with one attached hydrogen (secondary N) is 1. The van der Waals surface area contributed by atoms with E-state index in [9.17, 15) is 18.0 Å². The standard InChI is InChI=1S/C17H12F3N3OS/c18-17(19,20)13-3-1-2-11(8-13)16(24)23-9-14-15(22-6-5-21-14)12-4-7-25-10-12/h1-8,10H,9H2,(H,23,24). The number of rotatable bonds is 4. The van der Waals surface area contributed by atoms with Gasteiger partial charge in [0.2, 0.25) is 0 Å². The van der Waals surface area contributed by atoms with Crippen molar-refractivity contribution in [2.45, 2.75) is 12.7 Å². The molecule has 2 aromatic heterocycles. The smallest absolute Gasteiger partial charge is 0.346 e. The number of benzene rings is 1. The number of aromatic nitrogens is 2. The summed E-state index contributed by atoms with van der Waals surface area (Å²) in [5.74, 6) is -0.604. The van der Waals surface area contributed by atoms with E-state index in [0.29, 0.717) is 11.4 Å². The summed E-state index contributed by atoms with van der Waals surface area (Å²) in [6, 6.07) is 6.17. The van der Waals surface area contributed by atoms with E-state index in [2.05, 4.69) is 15.3 Å². The van der Waals surface area contributed by atoms with Gasteiger partial charge in [0.1, 0.15) is 0 Å². The van der Waals surface area contributed by atoms with Crippen LogP contribution in [0.2, 0.25) is 0 Å². The van der Waals surface area contributed by atoms with Crippen LogP contribution in [0.3, 0.4) is 0 Å². The Labute approximate surface area is 145 Å². The molecule has 25 heavy (non-hydrogen) atoms. The monoisotopic (exact) mass is 363 g/mol. The molecule has 3 aromatic rings. The van der Waals surface area contributed by atoms with Crippen LogP contribution in [0.15, 0.2) is 53.5 Å². The lowest BCUT2D eigenvalue weighted by atomic mass is 10.1. The van der Waals surface area contributed by atoms with Crippen LogP contribution in [0.5, 0.6) is 0 Å². The number of alkyl halides is 3. The van der Waals surface area contributed by atoms with Crippen LogP contribution in [0.25, 0.3) is 11.3 Å². The van der Waals surface area contributed by atoms with Crippen LogP contribution >= 0.6 is 11.3 Å². The molecule has 0 aliphatic carbocycles. The third-order valence-electron chi connectivity index (χ3n) is 3.44. The second-order valence-electron chi connectivity index (χ2n) is 5.12. The Kier molecular flexibility index (Phi) is 4.80. The number of hydrogen-bond acceptors (Lipinski definition) is 4. The second-order valence-corrected chi connectivity index (χ2v) is 5.90. The molecule has 0 saturated carbocycles. The number of carbonyl (C=O) groups excluding carboxylic acids is 1. The molecular formula is C17H12F3N3OS. The first kappa shape index (κ1) is 17.1. The Hall–Kier alpha value is -2.74. The third-order valence-corrected chi connectivity index (χ3v) is 4.12. The Morgan fingerprint density at radius 1 is 1.16 bits per heavy atom. The fraction of sp³-hybridized carbons (Fsp3) is 0.118. The van der Waals surface area contributed by atoms with Crippen molar-refractivity contribution >= 4 is 17.2 Å². The summed E-state index contributed by atoms with van der Waals surface area (Å²) in [6.45, 7) is 0.0636. The Bertz CT molecular complexity index is 879. The van der Waals surface area contributed by atoms with Crippen LogP contribution in [0.1, 0.15) is 21.6 Å². The molecule has 1 amide bonds. The Balaban J connectivity index is 1.76. The van der Waals surface area contributed by atoms with Crippen LogP contribution in [-0.4, -0.2) is 15.9 Å². The fourth-order valence-electron chi connectivity index (χ4n) is 2.24. The summed E-state index contributed by atoms with van der Waals surface area (Å²) in [4.78, 5) is 20.6. The van der Waals surface area contributed by atoms with Gasteiger partial charge in [0.05, 0.1) is 23.5 Å². The molecule has 1 aromatic carbocycles. The lowest BCUT2D eigenvalue weighted by Gasteiger charge is -2.10. The number of hydrogen-bond donors (Lipinski definition) is 1. The van der Waals surface area contributed by atoms with Gasteiger partial charge in [0.15, 0.2) is 0 Å². The largest absolute Gasteiger partial charge is 0.416 e. The number of amides is 1. The van der Waals surface area contributed by atoms with E-state index in [-0.39, 0.29) is 12.1 Å². The maximum absolute atomic E-state index is 12.7. The van der Waals surface area contributed by atoms with E-state index in [1.54, 1.807) is 6.20 Å². The maximum atomic E-state index is 12.7. The van der Waals surface area contributed by atoms with Gasteiger partial charge >= 0.3 is 6.18 Å². The van der Waals surface area contributed by atoms with E-state index >= 15 is 0 Å². The van der Waals surface area contributed by atoms with Crippen molar-refractivity contribution in [2.24, 2.45) is 0 Å². The Morgan fingerprint density at radius 3 is 2.68 bits per heavy atom. The predicted molar refractivity (Wildman–Crippen MR) is 88.0 cm³/mol. The minimum Gasteiger partial charge on any atom is -0.346 e. The first-order valence-electron chi connectivity index (χ1n) is 7.23. The highest BCUT2D eigenvalue weighted by molar-refractivity contribution is 7.08. The zero-order chi connectivity index (χ0) is 17.9. The van der Waals surface area contributed by atoms with Crippen molar-refractivity contribution in [3.8, 4) is 11.3 Å². The summed E-state index contributed by atoms with van der Waals surface area (Å²) < 4.78 is 38.2. The summed E-state index contributed by atoms with van der Waals surface area (Å²) in [5.41, 5.74) is 1.13. The van der Waals surface area contributed by atoms with E-state index < -0.39 is 17.6 Å². The summed E-state index contributed by atoms with van der Waals surface area (Å²) in [5, 5.41) is 6.39. The molecule has 1 N–H and O–H groups in total. The van der Waals surface area contributed by atoms with Gasteiger partial charge in [-0.15, -0.1) is 0 Å². The molecule has 2 heterocycles. The van der Waals surface area contributed by atoms with Gasteiger partial charge in [-0.1, -0.05) is 6.07 Å². The average Bonchev–Trinajstić information content (AvgIpc) is 3.14. The normalized spacial score (nSPS) is 11.3. The SMILES string of the molecule is O=C(NCc1nccnc1-c1ccsc1)c1cccc(C(F)(F)F)c1. The fourth-order valence-corrected chi connectivity index (χ4v) is 2.88. The third kappa shape index (κ3) is 4.03. The van der Waals surface area contributed by atoms with Crippen molar-refractivity contribution in [1.82, 2.24) is 15.3 Å². The number of nitrogens with zero attached hydrogens (tertiary/aromatic N) is 2. The highest BCUT2D eigenvalue weighted by atomic mass is 32.1. The number of carbonyl (C=O) groups is 1. The summed E-state index contributed by atoms with van der Waals surface area (Å²) in [7, 11) is 0. The van der Waals surface area contributed by atoms with Gasteiger partial charge in [-0.2, -0.15) is 24.5 Å². The zero-order valence-electron chi connectivity index (χ0n) is 12.7. The van der Waals surface area contributed by atoms with E-state index in [1.807, 2.05) is 16.8 Å². The second kappa shape index (κ2) is 7.02. The van der Waals surface area contributed by atoms with Gasteiger partial charge in [-0.25, -0.2) is 0 Å². The molecule has 0 bridgehead atoms. The lowest BCUT2D eigenvalue weighted by molar-refractivity contribution is -0.137. The van der Waals surface area contributed by atoms with Crippen molar-refractivity contribution in [1.29, 1.82) is 0 Å². The topological polar surface area (TPSA) is 54.9 Å². The van der Waals surface area contributed by atoms with Gasteiger partial charge in [-0.3, -0.25) is 14.8 Å². The molecule has 0 aliphatic heterocycles. The highest BCUT2D eigenvalue weighted by Crippen LogP contribution is 2.29. The molecular weight excluding hydrogens is 351 g/mol. The molecule has 0 aliphatic rings. The lowest BCUT2D eigenvalue weighted by Crippen LogP contribution is -2.24. The molecule has 3 rings (SSSR count). The van der Waals surface area contributed by atoms with Gasteiger partial charge in [0, 0.05) is 28.9 Å². The van der Waals surface area contributed by atoms with Crippen LogP contribution in [0, 0.1) is 0 Å². The van der Waals surface area contributed by atoms with E-state index in [1.165, 1.54) is 29.7 Å². The minimum absolute atomic E-state index is 0.0594. The number of thiophene rings is 1. The van der Waals surface area contributed by atoms with Crippen LogP contribution in [0.4, 0.5) is 13.2 Å².